The van der Waals surface area contributed by atoms with Crippen molar-refractivity contribution >= 4 is 17.7 Å². The molecule has 1 aliphatic rings. The van der Waals surface area contributed by atoms with Crippen molar-refractivity contribution in [1.82, 2.24) is 25.1 Å². The molecule has 1 aliphatic heterocycles. The van der Waals surface area contributed by atoms with Crippen molar-refractivity contribution in [3.63, 3.8) is 0 Å². The Hall–Kier alpha value is -1.15. The topological polar surface area (TPSA) is 84.1 Å². The standard InChI is InChI=1S/C9H15N5O2S/c15-8(16)7-17-9-10-11-12-14(9)6-5-13-3-1-2-4-13/h1-7H2,(H,15,16). The molecule has 0 bridgehead atoms. The van der Waals surface area contributed by atoms with Gasteiger partial charge in [-0.2, -0.15) is 0 Å². The second kappa shape index (κ2) is 5.97. The lowest BCUT2D eigenvalue weighted by atomic mass is 10.4. The van der Waals surface area contributed by atoms with Gasteiger partial charge in [-0.25, -0.2) is 4.68 Å². The van der Waals surface area contributed by atoms with Crippen molar-refractivity contribution in [3.05, 3.63) is 0 Å². The second-order valence-corrected chi connectivity index (χ2v) is 4.86. The number of aliphatic carboxylic acids is 1. The Morgan fingerprint density at radius 3 is 2.82 bits per heavy atom. The predicted octanol–water partition coefficient (Wildman–Crippen LogP) is -0.0544. The number of nitrogens with zero attached hydrogens (tertiary/aromatic N) is 5. The summed E-state index contributed by atoms with van der Waals surface area (Å²) in [6.07, 6.45) is 2.52. The Morgan fingerprint density at radius 1 is 1.35 bits per heavy atom. The highest BCUT2D eigenvalue weighted by atomic mass is 32.2. The minimum absolute atomic E-state index is 0.00983. The van der Waals surface area contributed by atoms with Crippen LogP contribution in [-0.2, 0) is 11.3 Å². The summed E-state index contributed by atoms with van der Waals surface area (Å²) in [6.45, 7) is 3.92. The molecule has 17 heavy (non-hydrogen) atoms. The van der Waals surface area contributed by atoms with Gasteiger partial charge in [0, 0.05) is 6.54 Å². The van der Waals surface area contributed by atoms with Gasteiger partial charge in [0.15, 0.2) is 0 Å². The SMILES string of the molecule is O=C(O)CSc1nnnn1CCN1CCCC1. The Bertz CT molecular complexity index is 377. The number of hydrogen-bond donors (Lipinski definition) is 1. The predicted molar refractivity (Wildman–Crippen MR) is 61.9 cm³/mol. The molecule has 0 unspecified atom stereocenters. The van der Waals surface area contributed by atoms with Crippen LogP contribution in [-0.4, -0.2) is 61.6 Å². The van der Waals surface area contributed by atoms with Crippen LogP contribution in [0.25, 0.3) is 0 Å². The highest BCUT2D eigenvalue weighted by Crippen LogP contribution is 2.13. The maximum Gasteiger partial charge on any atom is 0.313 e. The summed E-state index contributed by atoms with van der Waals surface area (Å²) in [6, 6.07) is 0. The Balaban J connectivity index is 1.82. The summed E-state index contributed by atoms with van der Waals surface area (Å²) in [5.41, 5.74) is 0. The summed E-state index contributed by atoms with van der Waals surface area (Å²) in [4.78, 5) is 12.8. The molecule has 1 aromatic heterocycles. The van der Waals surface area contributed by atoms with Crippen molar-refractivity contribution in [2.75, 3.05) is 25.4 Å². The van der Waals surface area contributed by atoms with Gasteiger partial charge in [-0.15, -0.1) is 5.10 Å². The molecule has 8 heteroatoms. The molecule has 1 aromatic rings. The highest BCUT2D eigenvalue weighted by molar-refractivity contribution is 7.99. The number of carboxylic acids is 1. The van der Waals surface area contributed by atoms with Gasteiger partial charge in [-0.1, -0.05) is 11.8 Å². The molecule has 0 radical (unpaired) electrons. The lowest BCUT2D eigenvalue weighted by Crippen LogP contribution is -2.24. The zero-order valence-corrected chi connectivity index (χ0v) is 10.3. The van der Waals surface area contributed by atoms with E-state index in [4.69, 9.17) is 5.11 Å². The van der Waals surface area contributed by atoms with Crippen molar-refractivity contribution in [2.45, 2.75) is 24.5 Å². The van der Waals surface area contributed by atoms with Crippen LogP contribution in [0, 0.1) is 0 Å². The van der Waals surface area contributed by atoms with Gasteiger partial charge in [-0.3, -0.25) is 4.79 Å². The molecule has 2 rings (SSSR count). The van der Waals surface area contributed by atoms with Gasteiger partial charge in [0.05, 0.1) is 12.3 Å². The van der Waals surface area contributed by atoms with Gasteiger partial charge in [0.25, 0.3) is 0 Å². The van der Waals surface area contributed by atoms with Gasteiger partial charge in [-0.05, 0) is 36.4 Å². The first-order valence-corrected chi connectivity index (χ1v) is 6.57. The van der Waals surface area contributed by atoms with Crippen LogP contribution in [0.5, 0.6) is 0 Å². The molecule has 0 atom stereocenters. The zero-order valence-electron chi connectivity index (χ0n) is 9.45. The van der Waals surface area contributed by atoms with E-state index >= 15 is 0 Å². The van der Waals surface area contributed by atoms with E-state index in [2.05, 4.69) is 20.4 Å². The second-order valence-electron chi connectivity index (χ2n) is 3.92. The summed E-state index contributed by atoms with van der Waals surface area (Å²) >= 11 is 1.15. The van der Waals surface area contributed by atoms with Crippen molar-refractivity contribution in [1.29, 1.82) is 0 Å². The maximum absolute atomic E-state index is 10.5. The quantitative estimate of drug-likeness (QED) is 0.715. The van der Waals surface area contributed by atoms with E-state index in [0.717, 1.165) is 37.9 Å². The number of thioether (sulfide) groups is 1. The van der Waals surface area contributed by atoms with E-state index in [1.54, 1.807) is 4.68 Å². The van der Waals surface area contributed by atoms with Crippen molar-refractivity contribution in [2.24, 2.45) is 0 Å². The molecule has 0 aliphatic carbocycles. The molecule has 0 saturated carbocycles. The molecule has 2 heterocycles. The fourth-order valence-corrected chi connectivity index (χ4v) is 2.43. The largest absolute Gasteiger partial charge is 0.481 e. The van der Waals surface area contributed by atoms with Crippen molar-refractivity contribution < 1.29 is 9.90 Å². The maximum atomic E-state index is 10.5. The van der Waals surface area contributed by atoms with Crippen LogP contribution in [0.4, 0.5) is 0 Å². The first-order valence-electron chi connectivity index (χ1n) is 5.59. The molecule has 1 fully saturated rings. The third-order valence-corrected chi connectivity index (χ3v) is 3.59. The Labute approximate surface area is 103 Å². The number of likely N-dealkylation sites (tertiary alicyclic amines) is 1. The average molecular weight is 257 g/mol. The van der Waals surface area contributed by atoms with Crippen molar-refractivity contribution in [3.8, 4) is 0 Å². The number of aromatic nitrogens is 4. The van der Waals surface area contributed by atoms with Crippen LogP contribution in [0.2, 0.25) is 0 Å². The molecule has 1 N–H and O–H groups in total. The summed E-state index contributed by atoms with van der Waals surface area (Å²) in [7, 11) is 0. The summed E-state index contributed by atoms with van der Waals surface area (Å²) in [5.74, 6) is -0.867. The van der Waals surface area contributed by atoms with Crippen LogP contribution < -0.4 is 0 Å². The first-order chi connectivity index (χ1) is 8.25. The van der Waals surface area contributed by atoms with E-state index in [1.165, 1.54) is 12.8 Å². The Morgan fingerprint density at radius 2 is 2.12 bits per heavy atom. The number of carbonyl (C=O) groups is 1. The van der Waals surface area contributed by atoms with Crippen LogP contribution in [0.3, 0.4) is 0 Å². The van der Waals surface area contributed by atoms with Gasteiger partial charge in [0.1, 0.15) is 0 Å². The van der Waals surface area contributed by atoms with E-state index < -0.39 is 5.97 Å². The molecule has 0 aromatic carbocycles. The van der Waals surface area contributed by atoms with E-state index in [-0.39, 0.29) is 5.75 Å². The lowest BCUT2D eigenvalue weighted by molar-refractivity contribution is -0.133. The van der Waals surface area contributed by atoms with E-state index in [1.807, 2.05) is 0 Å². The van der Waals surface area contributed by atoms with Crippen LogP contribution in [0.15, 0.2) is 5.16 Å². The van der Waals surface area contributed by atoms with Crippen LogP contribution in [0.1, 0.15) is 12.8 Å². The van der Waals surface area contributed by atoms with Gasteiger partial charge < -0.3 is 10.0 Å². The molecule has 0 amide bonds. The number of rotatable bonds is 6. The normalized spacial score (nSPS) is 16.5. The molecule has 0 spiro atoms. The minimum atomic E-state index is -0.857. The summed E-state index contributed by atoms with van der Waals surface area (Å²) in [5, 5.41) is 20.4. The third-order valence-electron chi connectivity index (χ3n) is 2.65. The zero-order chi connectivity index (χ0) is 12.1. The van der Waals surface area contributed by atoms with E-state index in [0.29, 0.717) is 5.16 Å². The van der Waals surface area contributed by atoms with E-state index in [9.17, 15) is 4.79 Å². The molecular weight excluding hydrogens is 242 g/mol. The number of tetrazole rings is 1. The first kappa shape index (κ1) is 12.3. The Kier molecular flexibility index (Phi) is 4.32. The summed E-state index contributed by atoms with van der Waals surface area (Å²) < 4.78 is 1.67. The molecule has 94 valence electrons. The number of hydrogen-bond acceptors (Lipinski definition) is 6. The third kappa shape index (κ3) is 3.67. The molecular formula is C9H15N5O2S. The molecule has 7 nitrogen and oxygen atoms in total. The highest BCUT2D eigenvalue weighted by Gasteiger charge is 2.13. The smallest absolute Gasteiger partial charge is 0.313 e. The van der Waals surface area contributed by atoms with Gasteiger partial charge in [0.2, 0.25) is 5.16 Å². The van der Waals surface area contributed by atoms with Crippen LogP contribution >= 0.6 is 11.8 Å². The minimum Gasteiger partial charge on any atom is -0.481 e. The lowest BCUT2D eigenvalue weighted by Gasteiger charge is -2.14. The van der Waals surface area contributed by atoms with Gasteiger partial charge >= 0.3 is 5.97 Å². The fraction of sp³-hybridized carbons (Fsp3) is 0.778. The monoisotopic (exact) mass is 257 g/mol. The molecule has 1 saturated heterocycles. The fourth-order valence-electron chi connectivity index (χ4n) is 1.81. The average Bonchev–Trinajstić information content (AvgIpc) is 2.95. The number of carboxylic acid groups (broad SMARTS) is 1.